The summed E-state index contributed by atoms with van der Waals surface area (Å²) in [5.74, 6) is 1.41. The van der Waals surface area contributed by atoms with Crippen LogP contribution in [-0.4, -0.2) is 56.6 Å². The van der Waals surface area contributed by atoms with Crippen molar-refractivity contribution in [2.75, 3.05) is 40.9 Å². The summed E-state index contributed by atoms with van der Waals surface area (Å²) in [7, 11) is 5.13. The Kier molecular flexibility index (Phi) is 8.80. The molecular formula is C23H31ClN2O3. The van der Waals surface area contributed by atoms with Crippen molar-refractivity contribution in [2.45, 2.75) is 25.3 Å². The first-order chi connectivity index (χ1) is 13.6. The van der Waals surface area contributed by atoms with Crippen LogP contribution < -0.4 is 9.47 Å². The molecule has 3 rings (SSSR count). The molecule has 0 aliphatic carbocycles. The van der Waals surface area contributed by atoms with Crippen molar-refractivity contribution in [3.05, 3.63) is 59.7 Å². The van der Waals surface area contributed by atoms with Crippen LogP contribution in [0.5, 0.6) is 11.5 Å². The van der Waals surface area contributed by atoms with Gasteiger partial charge in [-0.25, -0.2) is 0 Å². The first-order valence-electron chi connectivity index (χ1n) is 9.86. The second-order valence-corrected chi connectivity index (χ2v) is 7.30. The molecule has 0 radical (unpaired) electrons. The average Bonchev–Trinajstić information content (AvgIpc) is 3.25. The predicted molar refractivity (Wildman–Crippen MR) is 118 cm³/mol. The normalized spacial score (nSPS) is 14.7. The van der Waals surface area contributed by atoms with Gasteiger partial charge in [-0.05, 0) is 49.2 Å². The number of rotatable bonds is 8. The van der Waals surface area contributed by atoms with Gasteiger partial charge in [0.1, 0.15) is 0 Å². The SMILES string of the molecule is COc1ccc(CC(=O)N(C)C(CN2CCCC2)c2ccccc2)cc1OC.Cl. The van der Waals surface area contributed by atoms with E-state index in [1.165, 1.54) is 18.4 Å². The number of ether oxygens (including phenoxy) is 2. The lowest BCUT2D eigenvalue weighted by Crippen LogP contribution is -2.39. The molecule has 29 heavy (non-hydrogen) atoms. The summed E-state index contributed by atoms with van der Waals surface area (Å²) in [4.78, 5) is 17.4. The number of nitrogens with zero attached hydrogens (tertiary/aromatic N) is 2. The summed E-state index contributed by atoms with van der Waals surface area (Å²) in [5, 5.41) is 0. The molecule has 1 atom stereocenters. The van der Waals surface area contributed by atoms with Gasteiger partial charge in [0, 0.05) is 13.6 Å². The maximum atomic E-state index is 13.1. The van der Waals surface area contributed by atoms with Crippen molar-refractivity contribution < 1.29 is 14.3 Å². The maximum absolute atomic E-state index is 13.1. The van der Waals surface area contributed by atoms with Gasteiger partial charge < -0.3 is 19.3 Å². The van der Waals surface area contributed by atoms with E-state index >= 15 is 0 Å². The standard InChI is InChI=1S/C23H30N2O3.ClH/c1-24(23(26)16-18-11-12-21(27-2)22(15-18)28-3)20(17-25-13-7-8-14-25)19-9-5-4-6-10-19;/h4-6,9-12,15,20H,7-8,13-14,16-17H2,1-3H3;1H. The maximum Gasteiger partial charge on any atom is 0.227 e. The molecule has 158 valence electrons. The molecule has 1 aliphatic heterocycles. The molecule has 1 aliphatic rings. The van der Waals surface area contributed by atoms with E-state index in [-0.39, 0.29) is 24.4 Å². The van der Waals surface area contributed by atoms with Gasteiger partial charge in [0.05, 0.1) is 26.7 Å². The Morgan fingerprint density at radius 1 is 1.03 bits per heavy atom. The van der Waals surface area contributed by atoms with E-state index in [4.69, 9.17) is 9.47 Å². The van der Waals surface area contributed by atoms with Crippen LogP contribution in [0.4, 0.5) is 0 Å². The monoisotopic (exact) mass is 418 g/mol. The summed E-state index contributed by atoms with van der Waals surface area (Å²) in [6.07, 6.45) is 2.82. The predicted octanol–water partition coefficient (Wildman–Crippen LogP) is 3.96. The number of hydrogen-bond acceptors (Lipinski definition) is 4. The third-order valence-electron chi connectivity index (χ3n) is 5.48. The smallest absolute Gasteiger partial charge is 0.227 e. The van der Waals surface area contributed by atoms with Crippen molar-refractivity contribution in [2.24, 2.45) is 0 Å². The highest BCUT2D eigenvalue weighted by molar-refractivity contribution is 5.85. The molecule has 0 N–H and O–H groups in total. The fourth-order valence-electron chi connectivity index (χ4n) is 3.80. The van der Waals surface area contributed by atoms with E-state index < -0.39 is 0 Å². The van der Waals surface area contributed by atoms with Gasteiger partial charge in [0.2, 0.25) is 5.91 Å². The molecule has 1 fully saturated rings. The Morgan fingerprint density at radius 3 is 2.31 bits per heavy atom. The molecule has 0 aromatic heterocycles. The van der Waals surface area contributed by atoms with Gasteiger partial charge >= 0.3 is 0 Å². The number of carbonyl (C=O) groups excluding carboxylic acids is 1. The summed E-state index contributed by atoms with van der Waals surface area (Å²) in [6.45, 7) is 3.10. The highest BCUT2D eigenvalue weighted by Gasteiger charge is 2.25. The van der Waals surface area contributed by atoms with Crippen LogP contribution in [-0.2, 0) is 11.2 Å². The zero-order valence-corrected chi connectivity index (χ0v) is 18.3. The molecule has 0 bridgehead atoms. The number of halogens is 1. The molecular weight excluding hydrogens is 388 g/mol. The molecule has 0 spiro atoms. The van der Waals surface area contributed by atoms with Crippen LogP contribution in [0.25, 0.3) is 0 Å². The van der Waals surface area contributed by atoms with Gasteiger partial charge in [-0.1, -0.05) is 36.4 Å². The summed E-state index contributed by atoms with van der Waals surface area (Å²) in [6, 6.07) is 16.0. The number of benzene rings is 2. The molecule has 1 saturated heterocycles. The number of hydrogen-bond donors (Lipinski definition) is 0. The largest absolute Gasteiger partial charge is 0.493 e. The Labute approximate surface area is 180 Å². The van der Waals surface area contributed by atoms with Gasteiger partial charge in [-0.15, -0.1) is 12.4 Å². The van der Waals surface area contributed by atoms with Crippen LogP contribution in [0.2, 0.25) is 0 Å². The van der Waals surface area contributed by atoms with Crippen LogP contribution in [0.3, 0.4) is 0 Å². The Bertz CT molecular complexity index is 779. The number of methoxy groups -OCH3 is 2. The van der Waals surface area contributed by atoms with Crippen LogP contribution in [0, 0.1) is 0 Å². The Hall–Kier alpha value is -2.24. The van der Waals surface area contributed by atoms with E-state index in [1.807, 2.05) is 48.3 Å². The first kappa shape index (κ1) is 23.0. The lowest BCUT2D eigenvalue weighted by molar-refractivity contribution is -0.131. The topological polar surface area (TPSA) is 42.0 Å². The molecule has 0 saturated carbocycles. The van der Waals surface area contributed by atoms with E-state index in [1.54, 1.807) is 14.2 Å². The second-order valence-electron chi connectivity index (χ2n) is 7.30. The first-order valence-corrected chi connectivity index (χ1v) is 9.86. The fraction of sp³-hybridized carbons (Fsp3) is 0.435. The molecule has 1 heterocycles. The van der Waals surface area contributed by atoms with Crippen LogP contribution in [0.1, 0.15) is 30.0 Å². The molecule has 2 aromatic rings. The van der Waals surface area contributed by atoms with Gasteiger partial charge in [0.15, 0.2) is 11.5 Å². The number of amides is 1. The van der Waals surface area contributed by atoms with Crippen molar-refractivity contribution in [1.29, 1.82) is 0 Å². The Morgan fingerprint density at radius 2 is 1.69 bits per heavy atom. The minimum Gasteiger partial charge on any atom is -0.493 e. The van der Waals surface area contributed by atoms with Crippen LogP contribution >= 0.6 is 12.4 Å². The highest BCUT2D eigenvalue weighted by atomic mass is 35.5. The van der Waals surface area contributed by atoms with E-state index in [9.17, 15) is 4.79 Å². The van der Waals surface area contributed by atoms with Gasteiger partial charge in [-0.2, -0.15) is 0 Å². The van der Waals surface area contributed by atoms with Crippen molar-refractivity contribution in [3.63, 3.8) is 0 Å². The van der Waals surface area contributed by atoms with E-state index in [0.717, 1.165) is 25.2 Å². The molecule has 1 amide bonds. The van der Waals surface area contributed by atoms with Crippen molar-refractivity contribution >= 4 is 18.3 Å². The minimum atomic E-state index is 0. The summed E-state index contributed by atoms with van der Waals surface area (Å²) in [5.41, 5.74) is 2.10. The average molecular weight is 419 g/mol. The quantitative estimate of drug-likeness (QED) is 0.650. The Balaban J connectivity index is 0.00000300. The second kappa shape index (κ2) is 11.1. The number of carbonyl (C=O) groups is 1. The third-order valence-corrected chi connectivity index (χ3v) is 5.48. The molecule has 1 unspecified atom stereocenters. The lowest BCUT2D eigenvalue weighted by atomic mass is 10.0. The third kappa shape index (κ3) is 5.87. The van der Waals surface area contributed by atoms with Gasteiger partial charge in [-0.3, -0.25) is 4.79 Å². The molecule has 5 nitrogen and oxygen atoms in total. The minimum absolute atomic E-state index is 0. The zero-order valence-electron chi connectivity index (χ0n) is 17.5. The van der Waals surface area contributed by atoms with Crippen molar-refractivity contribution in [1.82, 2.24) is 9.80 Å². The van der Waals surface area contributed by atoms with E-state index in [0.29, 0.717) is 17.9 Å². The fourth-order valence-corrected chi connectivity index (χ4v) is 3.80. The molecule has 6 heteroatoms. The van der Waals surface area contributed by atoms with Gasteiger partial charge in [0.25, 0.3) is 0 Å². The van der Waals surface area contributed by atoms with E-state index in [2.05, 4.69) is 17.0 Å². The van der Waals surface area contributed by atoms with Crippen LogP contribution in [0.15, 0.2) is 48.5 Å². The summed E-state index contributed by atoms with van der Waals surface area (Å²) < 4.78 is 10.7. The van der Waals surface area contributed by atoms with Crippen molar-refractivity contribution in [3.8, 4) is 11.5 Å². The molecule has 2 aromatic carbocycles. The summed E-state index contributed by atoms with van der Waals surface area (Å²) >= 11 is 0. The zero-order chi connectivity index (χ0) is 19.9. The highest BCUT2D eigenvalue weighted by Crippen LogP contribution is 2.29. The number of likely N-dealkylation sites (N-methyl/N-ethyl adjacent to an activating group) is 1. The lowest BCUT2D eigenvalue weighted by Gasteiger charge is -2.32. The number of likely N-dealkylation sites (tertiary alicyclic amines) is 1.